The summed E-state index contributed by atoms with van der Waals surface area (Å²) in [6.45, 7) is -0.255. The van der Waals surface area contributed by atoms with E-state index in [1.54, 1.807) is 36.4 Å². The number of halogens is 1. The van der Waals surface area contributed by atoms with Gasteiger partial charge in [-0.15, -0.1) is 0 Å². The largest absolute Gasteiger partial charge is 0.476 e. The van der Waals surface area contributed by atoms with E-state index in [2.05, 4.69) is 21.2 Å². The molecule has 1 fully saturated rings. The van der Waals surface area contributed by atoms with Crippen molar-refractivity contribution in [2.45, 2.75) is 38.1 Å². The Morgan fingerprint density at radius 1 is 1.11 bits per heavy atom. The Bertz CT molecular complexity index is 1050. The van der Waals surface area contributed by atoms with Crippen molar-refractivity contribution in [3.05, 3.63) is 51.3 Å². The molecule has 28 heavy (non-hydrogen) atoms. The third-order valence-corrected chi connectivity index (χ3v) is 5.30. The van der Waals surface area contributed by atoms with E-state index in [0.29, 0.717) is 21.4 Å². The number of furan rings is 1. The number of benzene rings is 1. The van der Waals surface area contributed by atoms with Gasteiger partial charge in [-0.05, 0) is 53.0 Å². The molecule has 1 saturated carbocycles. The molecule has 0 radical (unpaired) electrons. The van der Waals surface area contributed by atoms with Gasteiger partial charge in [0.25, 0.3) is 5.91 Å². The fraction of sp³-hybridized carbons (Fsp3) is 0.333. The Morgan fingerprint density at radius 2 is 1.89 bits per heavy atom. The number of hydrogen-bond acceptors (Lipinski definition) is 5. The molecule has 3 aromatic rings. The Labute approximate surface area is 170 Å². The lowest BCUT2D eigenvalue weighted by atomic mass is 9.95. The maximum absolute atomic E-state index is 13.0. The second-order valence-corrected chi connectivity index (χ2v) is 7.66. The zero-order valence-corrected chi connectivity index (χ0v) is 16.8. The Morgan fingerprint density at radius 3 is 2.64 bits per heavy atom. The van der Waals surface area contributed by atoms with E-state index >= 15 is 0 Å². The standard InChI is InChI=1S/C21H20BrNO5/c22-17-11-10-16(27-17)20-21(19(25)14-8-4-5-9-15(14)28-20)26-12-18(24)23-13-6-2-1-3-7-13/h4-5,8-11,13H,1-3,6-7,12H2,(H,23,24). The van der Waals surface area contributed by atoms with Crippen molar-refractivity contribution in [2.24, 2.45) is 0 Å². The SMILES string of the molecule is O=C(COc1c(-c2ccc(Br)o2)oc2ccccc2c1=O)NC1CCCCC1. The van der Waals surface area contributed by atoms with Gasteiger partial charge in [0.05, 0.1) is 5.39 Å². The fourth-order valence-corrected chi connectivity index (χ4v) is 3.82. The normalized spacial score (nSPS) is 14.9. The topological polar surface area (TPSA) is 81.7 Å². The number of hydrogen-bond donors (Lipinski definition) is 1. The van der Waals surface area contributed by atoms with Crippen LogP contribution in [0.4, 0.5) is 0 Å². The molecule has 2 aromatic heterocycles. The van der Waals surface area contributed by atoms with Gasteiger partial charge in [0, 0.05) is 6.04 Å². The van der Waals surface area contributed by atoms with Crippen LogP contribution in [0.5, 0.6) is 5.75 Å². The molecule has 0 unspecified atom stereocenters. The van der Waals surface area contributed by atoms with Gasteiger partial charge in [-0.25, -0.2) is 0 Å². The molecule has 0 aliphatic heterocycles. The molecule has 146 valence electrons. The van der Waals surface area contributed by atoms with Gasteiger partial charge in [-0.1, -0.05) is 31.4 Å². The number of rotatable bonds is 5. The summed E-state index contributed by atoms with van der Waals surface area (Å²) >= 11 is 3.25. The summed E-state index contributed by atoms with van der Waals surface area (Å²) in [7, 11) is 0. The molecule has 1 amide bonds. The fourth-order valence-electron chi connectivity index (χ4n) is 3.51. The number of carbonyl (C=O) groups excluding carboxylic acids is 1. The van der Waals surface area contributed by atoms with Crippen LogP contribution in [-0.2, 0) is 4.79 Å². The predicted octanol–water partition coefficient (Wildman–Crippen LogP) is 4.64. The summed E-state index contributed by atoms with van der Waals surface area (Å²) < 4.78 is 17.6. The molecule has 0 saturated heterocycles. The second kappa shape index (κ2) is 8.22. The van der Waals surface area contributed by atoms with Crippen LogP contribution >= 0.6 is 15.9 Å². The van der Waals surface area contributed by atoms with Crippen molar-refractivity contribution in [3.63, 3.8) is 0 Å². The number of ether oxygens (including phenoxy) is 1. The van der Waals surface area contributed by atoms with Crippen LogP contribution in [-0.4, -0.2) is 18.6 Å². The first-order chi connectivity index (χ1) is 13.6. The number of amides is 1. The first kappa shape index (κ1) is 18.8. The smallest absolute Gasteiger partial charge is 0.258 e. The van der Waals surface area contributed by atoms with E-state index < -0.39 is 0 Å². The Kier molecular flexibility index (Phi) is 5.52. The Balaban J connectivity index is 1.62. The van der Waals surface area contributed by atoms with Gasteiger partial charge < -0.3 is 18.9 Å². The van der Waals surface area contributed by atoms with Crippen molar-refractivity contribution >= 4 is 32.8 Å². The number of para-hydroxylation sites is 1. The van der Waals surface area contributed by atoms with E-state index in [1.807, 2.05) is 0 Å². The van der Waals surface area contributed by atoms with Crippen LogP contribution in [0.15, 0.2) is 54.7 Å². The molecule has 6 nitrogen and oxygen atoms in total. The average molecular weight is 446 g/mol. The molecule has 2 heterocycles. The average Bonchev–Trinajstić information content (AvgIpc) is 3.14. The van der Waals surface area contributed by atoms with Crippen molar-refractivity contribution in [1.82, 2.24) is 5.32 Å². The van der Waals surface area contributed by atoms with Crippen LogP contribution in [0, 0.1) is 0 Å². The highest BCUT2D eigenvalue weighted by atomic mass is 79.9. The number of carbonyl (C=O) groups is 1. The van der Waals surface area contributed by atoms with E-state index in [1.165, 1.54) is 6.42 Å². The lowest BCUT2D eigenvalue weighted by Crippen LogP contribution is -2.39. The molecule has 0 atom stereocenters. The summed E-state index contributed by atoms with van der Waals surface area (Å²) in [6, 6.07) is 10.5. The molecular formula is C21H20BrNO5. The number of nitrogens with one attached hydrogen (secondary N) is 1. The maximum Gasteiger partial charge on any atom is 0.258 e. The van der Waals surface area contributed by atoms with E-state index in [9.17, 15) is 9.59 Å². The minimum absolute atomic E-state index is 0.0284. The highest BCUT2D eigenvalue weighted by molar-refractivity contribution is 9.10. The maximum atomic E-state index is 13.0. The van der Waals surface area contributed by atoms with E-state index in [4.69, 9.17) is 13.6 Å². The summed E-state index contributed by atoms with van der Waals surface area (Å²) in [5, 5.41) is 3.37. The molecular weight excluding hydrogens is 426 g/mol. The summed E-state index contributed by atoms with van der Waals surface area (Å²) in [5.74, 6) is 0.239. The van der Waals surface area contributed by atoms with Gasteiger partial charge in [-0.2, -0.15) is 0 Å². The Hall–Kier alpha value is -2.54. The quantitative estimate of drug-likeness (QED) is 0.618. The van der Waals surface area contributed by atoms with Gasteiger partial charge >= 0.3 is 0 Å². The van der Waals surface area contributed by atoms with E-state index in [0.717, 1.165) is 25.7 Å². The highest BCUT2D eigenvalue weighted by Gasteiger charge is 2.22. The van der Waals surface area contributed by atoms with Crippen LogP contribution < -0.4 is 15.5 Å². The molecule has 7 heteroatoms. The van der Waals surface area contributed by atoms with Crippen LogP contribution in [0.2, 0.25) is 0 Å². The van der Waals surface area contributed by atoms with Crippen molar-refractivity contribution in [3.8, 4) is 17.3 Å². The highest BCUT2D eigenvalue weighted by Crippen LogP contribution is 2.33. The second-order valence-electron chi connectivity index (χ2n) is 6.88. The third kappa shape index (κ3) is 3.99. The molecule has 4 rings (SSSR count). The molecule has 0 spiro atoms. The zero-order chi connectivity index (χ0) is 19.5. The van der Waals surface area contributed by atoms with Gasteiger partial charge in [0.2, 0.25) is 16.9 Å². The molecule has 1 aliphatic carbocycles. The molecule has 0 bridgehead atoms. The lowest BCUT2D eigenvalue weighted by molar-refractivity contribution is -0.124. The minimum Gasteiger partial charge on any atom is -0.476 e. The molecule has 1 N–H and O–H groups in total. The minimum atomic E-state index is -0.338. The predicted molar refractivity (Wildman–Crippen MR) is 108 cm³/mol. The third-order valence-electron chi connectivity index (χ3n) is 4.87. The zero-order valence-electron chi connectivity index (χ0n) is 15.2. The summed E-state index contributed by atoms with van der Waals surface area (Å²) in [5.41, 5.74) is 0.0869. The lowest BCUT2D eigenvalue weighted by Gasteiger charge is -2.22. The summed E-state index contributed by atoms with van der Waals surface area (Å²) in [4.78, 5) is 25.3. The van der Waals surface area contributed by atoms with Crippen LogP contribution in [0.3, 0.4) is 0 Å². The first-order valence-electron chi connectivity index (χ1n) is 9.35. The molecule has 1 aromatic carbocycles. The number of fused-ring (bicyclic) bond motifs is 1. The van der Waals surface area contributed by atoms with Crippen molar-refractivity contribution < 1.29 is 18.4 Å². The monoisotopic (exact) mass is 445 g/mol. The van der Waals surface area contributed by atoms with Crippen LogP contribution in [0.25, 0.3) is 22.5 Å². The van der Waals surface area contributed by atoms with Crippen LogP contribution in [0.1, 0.15) is 32.1 Å². The van der Waals surface area contributed by atoms with Crippen molar-refractivity contribution in [1.29, 1.82) is 0 Å². The summed E-state index contributed by atoms with van der Waals surface area (Å²) in [6.07, 6.45) is 5.42. The van der Waals surface area contributed by atoms with Gasteiger partial charge in [0.1, 0.15) is 5.58 Å². The first-order valence-corrected chi connectivity index (χ1v) is 10.1. The molecule has 1 aliphatic rings. The van der Waals surface area contributed by atoms with Gasteiger partial charge in [0.15, 0.2) is 17.0 Å². The van der Waals surface area contributed by atoms with E-state index in [-0.39, 0.29) is 35.5 Å². The van der Waals surface area contributed by atoms with Crippen molar-refractivity contribution in [2.75, 3.05) is 6.61 Å². The van der Waals surface area contributed by atoms with Gasteiger partial charge in [-0.3, -0.25) is 9.59 Å².